The third-order valence-electron chi connectivity index (χ3n) is 3.18. The maximum Gasteiger partial charge on any atom is 0.303 e. The maximum atomic E-state index is 10.4. The lowest BCUT2D eigenvalue weighted by Gasteiger charge is -2.22. The van der Waals surface area contributed by atoms with Crippen LogP contribution >= 0.6 is 0 Å². The fraction of sp³-hybridized carbons (Fsp3) is 0.917. The van der Waals surface area contributed by atoms with Crippen molar-refractivity contribution in [1.29, 1.82) is 0 Å². The van der Waals surface area contributed by atoms with E-state index in [0.29, 0.717) is 5.92 Å². The molecule has 0 aromatic carbocycles. The lowest BCUT2D eigenvalue weighted by molar-refractivity contribution is -0.137. The zero-order valence-electron chi connectivity index (χ0n) is 10.3. The number of hydrogen-bond donors (Lipinski definition) is 2. The Balaban J connectivity index is 2.17. The molecule has 0 aromatic heterocycles. The summed E-state index contributed by atoms with van der Waals surface area (Å²) in [5, 5.41) is 18.2. The summed E-state index contributed by atoms with van der Waals surface area (Å²) in [6, 6.07) is 0. The Kier molecular flexibility index (Phi) is 4.74. The number of rotatable bonds is 6. The molecule has 1 heterocycles. The topological polar surface area (TPSA) is 60.8 Å². The highest BCUT2D eigenvalue weighted by atomic mass is 16.4. The van der Waals surface area contributed by atoms with Gasteiger partial charge in [0, 0.05) is 19.5 Å². The molecule has 4 nitrogen and oxygen atoms in total. The van der Waals surface area contributed by atoms with Gasteiger partial charge in [0.1, 0.15) is 0 Å². The number of aliphatic carboxylic acids is 1. The molecule has 1 aliphatic heterocycles. The molecular weight excluding hydrogens is 206 g/mol. The maximum absolute atomic E-state index is 10.4. The smallest absolute Gasteiger partial charge is 0.303 e. The largest absolute Gasteiger partial charge is 0.481 e. The molecule has 0 bridgehead atoms. The van der Waals surface area contributed by atoms with Crippen LogP contribution in [0.4, 0.5) is 0 Å². The predicted molar refractivity (Wildman–Crippen MR) is 62.3 cm³/mol. The van der Waals surface area contributed by atoms with Crippen molar-refractivity contribution in [2.24, 2.45) is 5.92 Å². The second-order valence-corrected chi connectivity index (χ2v) is 5.45. The van der Waals surface area contributed by atoms with Gasteiger partial charge in [-0.3, -0.25) is 4.79 Å². The van der Waals surface area contributed by atoms with Crippen LogP contribution in [0.2, 0.25) is 0 Å². The third-order valence-corrected chi connectivity index (χ3v) is 3.18. The molecule has 0 saturated carbocycles. The van der Waals surface area contributed by atoms with E-state index in [1.165, 1.54) is 0 Å². The number of likely N-dealkylation sites (tertiary alicyclic amines) is 1. The monoisotopic (exact) mass is 229 g/mol. The Labute approximate surface area is 97.3 Å². The quantitative estimate of drug-likeness (QED) is 0.721. The van der Waals surface area contributed by atoms with Gasteiger partial charge in [0.05, 0.1) is 5.60 Å². The highest BCUT2D eigenvalue weighted by molar-refractivity contribution is 5.66. The van der Waals surface area contributed by atoms with E-state index in [2.05, 4.69) is 4.90 Å². The first-order valence-corrected chi connectivity index (χ1v) is 6.03. The molecule has 4 heteroatoms. The summed E-state index contributed by atoms with van der Waals surface area (Å²) in [5.41, 5.74) is -0.598. The lowest BCUT2D eigenvalue weighted by atomic mass is 10.0. The number of hydrogen-bond acceptors (Lipinski definition) is 3. The van der Waals surface area contributed by atoms with Crippen LogP contribution in [0.1, 0.15) is 39.5 Å². The number of aliphatic hydroxyl groups is 1. The summed E-state index contributed by atoms with van der Waals surface area (Å²) in [6.45, 7) is 6.59. The van der Waals surface area contributed by atoms with Gasteiger partial charge in [0.25, 0.3) is 0 Å². The van der Waals surface area contributed by atoms with E-state index in [1.54, 1.807) is 0 Å². The Hall–Kier alpha value is -0.610. The minimum atomic E-state index is -0.699. The highest BCUT2D eigenvalue weighted by Crippen LogP contribution is 2.22. The van der Waals surface area contributed by atoms with Gasteiger partial charge in [-0.05, 0) is 45.6 Å². The van der Waals surface area contributed by atoms with Gasteiger partial charge in [-0.2, -0.15) is 0 Å². The minimum Gasteiger partial charge on any atom is -0.481 e. The molecule has 1 saturated heterocycles. The molecule has 94 valence electrons. The second-order valence-electron chi connectivity index (χ2n) is 5.45. The first-order chi connectivity index (χ1) is 7.37. The fourth-order valence-corrected chi connectivity index (χ4v) is 2.11. The number of carboxylic acid groups (broad SMARTS) is 1. The Morgan fingerprint density at radius 2 is 2.19 bits per heavy atom. The molecule has 1 rings (SSSR count). The SMILES string of the molecule is CC(C)(O)CCN1CCC(CCC(=O)O)C1. The third kappa shape index (κ3) is 5.47. The van der Waals surface area contributed by atoms with Gasteiger partial charge in [-0.1, -0.05) is 0 Å². The zero-order chi connectivity index (χ0) is 12.2. The van der Waals surface area contributed by atoms with Gasteiger partial charge < -0.3 is 15.1 Å². The van der Waals surface area contributed by atoms with Crippen LogP contribution in [0.15, 0.2) is 0 Å². The summed E-state index contributed by atoms with van der Waals surface area (Å²) in [7, 11) is 0. The number of carbonyl (C=O) groups is 1. The van der Waals surface area contributed by atoms with E-state index < -0.39 is 11.6 Å². The number of carboxylic acids is 1. The summed E-state index contributed by atoms with van der Waals surface area (Å²) < 4.78 is 0. The standard InChI is InChI=1S/C12H23NO3/c1-12(2,16)6-8-13-7-5-10(9-13)3-4-11(14)15/h10,16H,3-9H2,1-2H3,(H,14,15). The number of nitrogens with zero attached hydrogens (tertiary/aromatic N) is 1. The molecule has 0 aliphatic carbocycles. The van der Waals surface area contributed by atoms with E-state index in [1.807, 2.05) is 13.8 Å². The van der Waals surface area contributed by atoms with Crippen molar-refractivity contribution in [3.63, 3.8) is 0 Å². The molecule has 1 aliphatic rings. The van der Waals surface area contributed by atoms with Crippen molar-refractivity contribution < 1.29 is 15.0 Å². The normalized spacial score (nSPS) is 22.6. The Morgan fingerprint density at radius 3 is 2.75 bits per heavy atom. The molecule has 0 radical (unpaired) electrons. The molecule has 16 heavy (non-hydrogen) atoms. The van der Waals surface area contributed by atoms with E-state index in [0.717, 1.165) is 38.9 Å². The van der Waals surface area contributed by atoms with Crippen molar-refractivity contribution in [2.75, 3.05) is 19.6 Å². The fourth-order valence-electron chi connectivity index (χ4n) is 2.11. The van der Waals surface area contributed by atoms with Crippen molar-refractivity contribution in [3.8, 4) is 0 Å². The van der Waals surface area contributed by atoms with E-state index in [9.17, 15) is 9.90 Å². The van der Waals surface area contributed by atoms with Crippen LogP contribution in [-0.2, 0) is 4.79 Å². The molecule has 0 aromatic rings. The van der Waals surface area contributed by atoms with Crippen LogP contribution in [0.25, 0.3) is 0 Å². The first-order valence-electron chi connectivity index (χ1n) is 6.03. The predicted octanol–water partition coefficient (Wildman–Crippen LogP) is 1.33. The van der Waals surface area contributed by atoms with Crippen molar-refractivity contribution >= 4 is 5.97 Å². The zero-order valence-corrected chi connectivity index (χ0v) is 10.3. The van der Waals surface area contributed by atoms with Crippen molar-refractivity contribution in [1.82, 2.24) is 4.90 Å². The molecule has 1 fully saturated rings. The average molecular weight is 229 g/mol. The summed E-state index contributed by atoms with van der Waals surface area (Å²) in [4.78, 5) is 12.8. The highest BCUT2D eigenvalue weighted by Gasteiger charge is 2.24. The molecule has 2 N–H and O–H groups in total. The molecular formula is C12H23NO3. The Bertz CT molecular complexity index is 235. The summed E-state index contributed by atoms with van der Waals surface area (Å²) in [5.74, 6) is -0.173. The minimum absolute atomic E-state index is 0.282. The van der Waals surface area contributed by atoms with Gasteiger partial charge in [-0.25, -0.2) is 0 Å². The van der Waals surface area contributed by atoms with E-state index >= 15 is 0 Å². The molecule has 0 amide bonds. The van der Waals surface area contributed by atoms with Gasteiger partial charge in [0.2, 0.25) is 0 Å². The second kappa shape index (κ2) is 5.64. The van der Waals surface area contributed by atoms with E-state index in [-0.39, 0.29) is 6.42 Å². The summed E-state index contributed by atoms with van der Waals surface area (Å²) >= 11 is 0. The molecule has 1 atom stereocenters. The molecule has 1 unspecified atom stereocenters. The van der Waals surface area contributed by atoms with Gasteiger partial charge >= 0.3 is 5.97 Å². The van der Waals surface area contributed by atoms with Crippen LogP contribution in [0.3, 0.4) is 0 Å². The average Bonchev–Trinajstić information content (AvgIpc) is 2.58. The molecule has 0 spiro atoms. The van der Waals surface area contributed by atoms with Gasteiger partial charge in [-0.15, -0.1) is 0 Å². The van der Waals surface area contributed by atoms with Crippen LogP contribution in [0.5, 0.6) is 0 Å². The van der Waals surface area contributed by atoms with E-state index in [4.69, 9.17) is 5.11 Å². The van der Waals surface area contributed by atoms with Crippen LogP contribution in [-0.4, -0.2) is 46.3 Å². The van der Waals surface area contributed by atoms with Gasteiger partial charge in [0.15, 0.2) is 0 Å². The van der Waals surface area contributed by atoms with Crippen molar-refractivity contribution in [2.45, 2.75) is 45.1 Å². The lowest BCUT2D eigenvalue weighted by Crippen LogP contribution is -2.29. The van der Waals surface area contributed by atoms with Crippen LogP contribution in [0, 0.1) is 5.92 Å². The first kappa shape index (κ1) is 13.5. The van der Waals surface area contributed by atoms with Crippen molar-refractivity contribution in [3.05, 3.63) is 0 Å². The van der Waals surface area contributed by atoms with Crippen LogP contribution < -0.4 is 0 Å². The summed E-state index contributed by atoms with van der Waals surface area (Å²) in [6.07, 6.45) is 2.94. The Morgan fingerprint density at radius 1 is 1.50 bits per heavy atom.